The lowest BCUT2D eigenvalue weighted by Gasteiger charge is -2.30. The first-order valence-corrected chi connectivity index (χ1v) is 9.72. The summed E-state index contributed by atoms with van der Waals surface area (Å²) >= 11 is 0. The van der Waals surface area contributed by atoms with Crippen LogP contribution in [0.4, 0.5) is 0 Å². The van der Waals surface area contributed by atoms with Crippen LogP contribution in [-0.4, -0.2) is 37.0 Å². The van der Waals surface area contributed by atoms with Gasteiger partial charge in [-0.3, -0.25) is 4.79 Å². The molecule has 1 unspecified atom stereocenters. The average Bonchev–Trinajstić information content (AvgIpc) is 3.20. The van der Waals surface area contributed by atoms with Crippen LogP contribution >= 0.6 is 0 Å². The Hall–Kier alpha value is -2.64. The van der Waals surface area contributed by atoms with Crippen molar-refractivity contribution in [3.05, 3.63) is 71.8 Å². The highest BCUT2D eigenvalue weighted by Crippen LogP contribution is 2.36. The number of carbonyl (C=O) groups is 1. The van der Waals surface area contributed by atoms with Gasteiger partial charge in [-0.15, -0.1) is 0 Å². The zero-order valence-electron chi connectivity index (χ0n) is 15.9. The highest BCUT2D eigenvalue weighted by Gasteiger charge is 2.36. The molecule has 140 valence electrons. The SMILES string of the molecule is CCNC(=O)C1CCN(CCC(C#N)(c2ccccc2)c2ccccc2)C1. The normalized spacial score (nSPS) is 17.4. The predicted octanol–water partition coefficient (Wildman–Crippen LogP) is 3.34. The molecule has 0 radical (unpaired) electrons. The third kappa shape index (κ3) is 4.20. The molecule has 0 saturated carbocycles. The zero-order chi connectivity index (χ0) is 19.1. The van der Waals surface area contributed by atoms with Crippen molar-refractivity contribution in [3.8, 4) is 6.07 Å². The number of hydrogen-bond acceptors (Lipinski definition) is 3. The maximum atomic E-state index is 12.1. The first kappa shape index (κ1) is 19.1. The van der Waals surface area contributed by atoms with Crippen molar-refractivity contribution in [2.24, 2.45) is 5.92 Å². The van der Waals surface area contributed by atoms with Gasteiger partial charge in [-0.1, -0.05) is 60.7 Å². The lowest BCUT2D eigenvalue weighted by atomic mass is 9.73. The fourth-order valence-electron chi connectivity index (χ4n) is 3.98. The molecule has 1 aliphatic rings. The summed E-state index contributed by atoms with van der Waals surface area (Å²) in [6.07, 6.45) is 1.60. The van der Waals surface area contributed by atoms with E-state index < -0.39 is 5.41 Å². The molecule has 1 atom stereocenters. The molecule has 1 amide bonds. The van der Waals surface area contributed by atoms with Gasteiger partial charge < -0.3 is 10.2 Å². The summed E-state index contributed by atoms with van der Waals surface area (Å²) in [6, 6.07) is 22.7. The Bertz CT molecular complexity index is 743. The van der Waals surface area contributed by atoms with Crippen LogP contribution in [-0.2, 0) is 10.2 Å². The van der Waals surface area contributed by atoms with Crippen molar-refractivity contribution in [3.63, 3.8) is 0 Å². The highest BCUT2D eigenvalue weighted by molar-refractivity contribution is 5.79. The molecule has 1 fully saturated rings. The maximum Gasteiger partial charge on any atom is 0.224 e. The average molecular weight is 361 g/mol. The summed E-state index contributed by atoms with van der Waals surface area (Å²) in [6.45, 7) is 5.11. The number of hydrogen-bond donors (Lipinski definition) is 1. The Morgan fingerprint density at radius 3 is 2.26 bits per heavy atom. The minimum atomic E-state index is -0.674. The van der Waals surface area contributed by atoms with Gasteiger partial charge in [0, 0.05) is 19.6 Å². The number of likely N-dealkylation sites (tertiary alicyclic amines) is 1. The molecule has 3 rings (SSSR count). The molecule has 0 spiro atoms. The van der Waals surface area contributed by atoms with Gasteiger partial charge in [-0.25, -0.2) is 0 Å². The summed E-state index contributed by atoms with van der Waals surface area (Å²) in [4.78, 5) is 14.4. The fraction of sp³-hybridized carbons (Fsp3) is 0.391. The summed E-state index contributed by atoms with van der Waals surface area (Å²) in [5.74, 6) is 0.215. The van der Waals surface area contributed by atoms with Gasteiger partial charge >= 0.3 is 0 Å². The molecular formula is C23H27N3O. The van der Waals surface area contributed by atoms with E-state index in [2.05, 4.69) is 16.3 Å². The van der Waals surface area contributed by atoms with Gasteiger partial charge in [-0.2, -0.15) is 5.26 Å². The molecule has 1 heterocycles. The number of amides is 1. The maximum absolute atomic E-state index is 12.1. The van der Waals surface area contributed by atoms with E-state index in [-0.39, 0.29) is 11.8 Å². The summed E-state index contributed by atoms with van der Waals surface area (Å²) in [5.41, 5.74) is 1.38. The van der Waals surface area contributed by atoms with E-state index in [0.717, 1.165) is 37.2 Å². The Morgan fingerprint density at radius 2 is 1.74 bits per heavy atom. The first-order chi connectivity index (χ1) is 13.2. The van der Waals surface area contributed by atoms with Crippen LogP contribution in [0.3, 0.4) is 0 Å². The van der Waals surface area contributed by atoms with Crippen LogP contribution < -0.4 is 5.32 Å². The van der Waals surface area contributed by atoms with E-state index in [4.69, 9.17) is 0 Å². The van der Waals surface area contributed by atoms with Gasteiger partial charge in [0.1, 0.15) is 5.41 Å². The van der Waals surface area contributed by atoms with Crippen molar-refractivity contribution in [1.29, 1.82) is 5.26 Å². The van der Waals surface area contributed by atoms with Crippen LogP contribution in [0.5, 0.6) is 0 Å². The number of benzene rings is 2. The quantitative estimate of drug-likeness (QED) is 0.823. The Kier molecular flexibility index (Phi) is 6.26. The topological polar surface area (TPSA) is 56.1 Å². The lowest BCUT2D eigenvalue weighted by Crippen LogP contribution is -2.35. The van der Waals surface area contributed by atoms with Crippen LogP contribution in [0.25, 0.3) is 0 Å². The molecule has 0 bridgehead atoms. The first-order valence-electron chi connectivity index (χ1n) is 9.72. The standard InChI is InChI=1S/C23H27N3O/c1-2-25-22(27)19-13-15-26(17-19)16-14-23(18-24,20-9-5-3-6-10-20)21-11-7-4-8-12-21/h3-12,19H,2,13-17H2,1H3,(H,25,27). The molecule has 0 aromatic heterocycles. The third-order valence-corrected chi connectivity index (χ3v) is 5.52. The summed E-state index contributed by atoms with van der Waals surface area (Å²) < 4.78 is 0. The molecule has 4 heteroatoms. The predicted molar refractivity (Wildman–Crippen MR) is 107 cm³/mol. The van der Waals surface area contributed by atoms with Crippen LogP contribution in [0, 0.1) is 17.2 Å². The molecule has 1 N–H and O–H groups in total. The Labute approximate surface area is 161 Å². The van der Waals surface area contributed by atoms with Crippen molar-refractivity contribution < 1.29 is 4.79 Å². The molecule has 1 aliphatic heterocycles. The van der Waals surface area contributed by atoms with E-state index in [9.17, 15) is 10.1 Å². The minimum Gasteiger partial charge on any atom is -0.356 e. The number of nitrogens with one attached hydrogen (secondary N) is 1. The van der Waals surface area contributed by atoms with Gasteiger partial charge in [0.05, 0.1) is 12.0 Å². The monoisotopic (exact) mass is 361 g/mol. The second kappa shape index (κ2) is 8.83. The van der Waals surface area contributed by atoms with Gasteiger partial charge in [0.2, 0.25) is 5.91 Å². The van der Waals surface area contributed by atoms with Crippen molar-refractivity contribution in [2.75, 3.05) is 26.2 Å². The van der Waals surface area contributed by atoms with Crippen LogP contribution in [0.15, 0.2) is 60.7 Å². The van der Waals surface area contributed by atoms with Crippen LogP contribution in [0.2, 0.25) is 0 Å². The molecular weight excluding hydrogens is 334 g/mol. The third-order valence-electron chi connectivity index (χ3n) is 5.52. The molecule has 27 heavy (non-hydrogen) atoms. The number of nitriles is 1. The number of rotatable bonds is 7. The number of carbonyl (C=O) groups excluding carboxylic acids is 1. The number of nitrogens with zero attached hydrogens (tertiary/aromatic N) is 2. The molecule has 1 saturated heterocycles. The van der Waals surface area contributed by atoms with Crippen molar-refractivity contribution >= 4 is 5.91 Å². The van der Waals surface area contributed by atoms with Gasteiger partial charge in [0.25, 0.3) is 0 Å². The summed E-state index contributed by atoms with van der Waals surface area (Å²) in [5, 5.41) is 13.2. The zero-order valence-corrected chi connectivity index (χ0v) is 15.9. The fourth-order valence-corrected chi connectivity index (χ4v) is 3.98. The molecule has 0 aliphatic carbocycles. The Morgan fingerprint density at radius 1 is 1.15 bits per heavy atom. The Balaban J connectivity index is 1.78. The highest BCUT2D eigenvalue weighted by atomic mass is 16.1. The molecule has 4 nitrogen and oxygen atoms in total. The van der Waals surface area contributed by atoms with Gasteiger partial charge in [0.15, 0.2) is 0 Å². The molecule has 2 aromatic rings. The van der Waals surface area contributed by atoms with E-state index in [1.165, 1.54) is 0 Å². The van der Waals surface area contributed by atoms with Gasteiger partial charge in [-0.05, 0) is 37.4 Å². The largest absolute Gasteiger partial charge is 0.356 e. The van der Waals surface area contributed by atoms with E-state index in [1.54, 1.807) is 0 Å². The van der Waals surface area contributed by atoms with E-state index in [0.29, 0.717) is 13.0 Å². The van der Waals surface area contributed by atoms with Crippen molar-refractivity contribution in [1.82, 2.24) is 10.2 Å². The van der Waals surface area contributed by atoms with E-state index in [1.807, 2.05) is 67.6 Å². The second-order valence-corrected chi connectivity index (χ2v) is 7.18. The smallest absolute Gasteiger partial charge is 0.224 e. The second-order valence-electron chi connectivity index (χ2n) is 7.18. The van der Waals surface area contributed by atoms with Crippen molar-refractivity contribution in [2.45, 2.75) is 25.2 Å². The minimum absolute atomic E-state index is 0.0647. The lowest BCUT2D eigenvalue weighted by molar-refractivity contribution is -0.124. The molecule has 2 aromatic carbocycles. The summed E-state index contributed by atoms with van der Waals surface area (Å²) in [7, 11) is 0. The van der Waals surface area contributed by atoms with Crippen LogP contribution in [0.1, 0.15) is 30.9 Å². The van der Waals surface area contributed by atoms with E-state index >= 15 is 0 Å².